The number of alkyl carbamates (subject to hydrolysis) is 1. The van der Waals surface area contributed by atoms with E-state index in [4.69, 9.17) is 14.8 Å². The van der Waals surface area contributed by atoms with E-state index in [0.29, 0.717) is 19.4 Å². The normalized spacial score (nSPS) is 14.8. The van der Waals surface area contributed by atoms with Gasteiger partial charge in [0.1, 0.15) is 31.3 Å². The van der Waals surface area contributed by atoms with Crippen molar-refractivity contribution in [3.63, 3.8) is 0 Å². The smallest absolute Gasteiger partial charge is 0.480 e. The lowest BCUT2D eigenvalue weighted by Crippen LogP contribution is -2.56. The Labute approximate surface area is 273 Å². The molecule has 13 nitrogen and oxygen atoms in total. The molecular formula is C33H38BN4O9. The van der Waals surface area contributed by atoms with Crippen molar-refractivity contribution in [3.05, 3.63) is 108 Å². The molecule has 1 radical (unpaired) electrons. The molecule has 1 fully saturated rings. The molecule has 0 bridgehead atoms. The SMILES string of the molecule is O=C(NCC(=O)N1CCCC1C(=O)NC(Cc1ccccc1)C(=O)NC(Cc1ccccc1)C(=O)O)OCc1ccccc1.O[B]O. The molecule has 4 amide bonds. The third-order valence-electron chi connectivity index (χ3n) is 7.29. The topological polar surface area (TPSA) is 195 Å². The van der Waals surface area contributed by atoms with Gasteiger partial charge in [-0.3, -0.25) is 14.4 Å². The molecule has 3 unspecified atom stereocenters. The minimum atomic E-state index is -1.21. The molecule has 247 valence electrons. The van der Waals surface area contributed by atoms with Gasteiger partial charge in [-0.15, -0.1) is 0 Å². The Morgan fingerprint density at radius 2 is 1.30 bits per heavy atom. The molecule has 0 aromatic heterocycles. The summed E-state index contributed by atoms with van der Waals surface area (Å²) < 4.78 is 5.15. The van der Waals surface area contributed by atoms with Crippen molar-refractivity contribution in [2.45, 2.75) is 50.4 Å². The number of carbonyl (C=O) groups excluding carboxylic acids is 4. The highest BCUT2D eigenvalue weighted by atomic mass is 16.5. The van der Waals surface area contributed by atoms with Crippen LogP contribution in [0, 0.1) is 0 Å². The Bertz CT molecular complexity index is 1450. The molecule has 1 heterocycles. The summed E-state index contributed by atoms with van der Waals surface area (Å²) in [6, 6.07) is 23.9. The van der Waals surface area contributed by atoms with Crippen LogP contribution in [0.3, 0.4) is 0 Å². The van der Waals surface area contributed by atoms with Gasteiger partial charge in [-0.1, -0.05) is 91.0 Å². The maximum Gasteiger partial charge on any atom is 0.482 e. The molecule has 1 saturated heterocycles. The molecule has 3 aromatic carbocycles. The number of amides is 4. The van der Waals surface area contributed by atoms with Gasteiger partial charge in [-0.05, 0) is 29.5 Å². The van der Waals surface area contributed by atoms with E-state index >= 15 is 0 Å². The summed E-state index contributed by atoms with van der Waals surface area (Å²) in [4.78, 5) is 65.4. The average molecular weight is 645 g/mol. The standard InChI is InChI=1S/C33H36N4O7.BH2O2/c38-29(21-34-33(43)44-22-25-15-8-3-9-16-25)37-18-10-17-28(37)31(40)35-26(19-23-11-4-1-5-12-23)30(39)36-27(32(41)42)20-24-13-6-2-7-14-24;2-1-3/h1-9,11-16,26-28H,10,17-22H2,(H,34,43)(H,35,40)(H,36,39)(H,41,42);2-3H. The zero-order chi connectivity index (χ0) is 34.0. The van der Waals surface area contributed by atoms with Crippen LogP contribution in [-0.4, -0.2) is 88.7 Å². The summed E-state index contributed by atoms with van der Waals surface area (Å²) in [6.07, 6.45) is 0.369. The maximum atomic E-state index is 13.5. The van der Waals surface area contributed by atoms with Crippen molar-refractivity contribution in [3.8, 4) is 0 Å². The predicted octanol–water partition coefficient (Wildman–Crippen LogP) is 0.949. The number of rotatable bonds is 13. The second kappa shape index (κ2) is 19.3. The molecule has 14 heteroatoms. The largest absolute Gasteiger partial charge is 0.482 e. The molecule has 6 N–H and O–H groups in total. The zero-order valence-electron chi connectivity index (χ0n) is 25.7. The van der Waals surface area contributed by atoms with Gasteiger partial charge >= 0.3 is 19.7 Å². The van der Waals surface area contributed by atoms with Crippen LogP contribution in [0.2, 0.25) is 0 Å². The number of nitrogens with zero attached hydrogens (tertiary/aromatic N) is 1. The molecule has 1 aliphatic rings. The summed E-state index contributed by atoms with van der Waals surface area (Å²) in [5.41, 5.74) is 2.30. The lowest BCUT2D eigenvalue weighted by molar-refractivity contribution is -0.142. The predicted molar refractivity (Wildman–Crippen MR) is 171 cm³/mol. The van der Waals surface area contributed by atoms with Crippen LogP contribution in [-0.2, 0) is 43.4 Å². The number of benzene rings is 3. The van der Waals surface area contributed by atoms with Crippen LogP contribution < -0.4 is 16.0 Å². The Morgan fingerprint density at radius 1 is 0.787 bits per heavy atom. The summed E-state index contributed by atoms with van der Waals surface area (Å²) in [6.45, 7) is 0.00501. The molecule has 0 spiro atoms. The van der Waals surface area contributed by atoms with E-state index in [9.17, 15) is 29.1 Å². The summed E-state index contributed by atoms with van der Waals surface area (Å²) in [5.74, 6) is -2.84. The molecule has 0 saturated carbocycles. The van der Waals surface area contributed by atoms with E-state index in [1.165, 1.54) is 4.90 Å². The summed E-state index contributed by atoms with van der Waals surface area (Å²) >= 11 is 0. The van der Waals surface area contributed by atoms with Crippen LogP contribution in [0.25, 0.3) is 0 Å². The number of ether oxygens (including phenoxy) is 1. The highest BCUT2D eigenvalue weighted by Crippen LogP contribution is 2.18. The first-order valence-electron chi connectivity index (χ1n) is 15.0. The highest BCUT2D eigenvalue weighted by molar-refractivity contribution is 6.13. The number of carbonyl (C=O) groups is 5. The van der Waals surface area contributed by atoms with Crippen molar-refractivity contribution in [1.29, 1.82) is 0 Å². The van der Waals surface area contributed by atoms with Gasteiger partial charge in [-0.2, -0.15) is 0 Å². The summed E-state index contributed by atoms with van der Waals surface area (Å²) in [5, 5.41) is 31.6. The van der Waals surface area contributed by atoms with Crippen LogP contribution in [0.1, 0.15) is 29.5 Å². The fourth-order valence-electron chi connectivity index (χ4n) is 5.01. The van der Waals surface area contributed by atoms with Crippen LogP contribution in [0.4, 0.5) is 4.79 Å². The van der Waals surface area contributed by atoms with Gasteiger partial charge in [0.25, 0.3) is 0 Å². The summed E-state index contributed by atoms with van der Waals surface area (Å²) in [7, 11) is 0. The third kappa shape index (κ3) is 12.3. The van der Waals surface area contributed by atoms with Crippen molar-refractivity contribution >= 4 is 37.5 Å². The van der Waals surface area contributed by atoms with Crippen molar-refractivity contribution < 1.29 is 43.9 Å². The van der Waals surface area contributed by atoms with Gasteiger partial charge in [-0.25, -0.2) is 9.59 Å². The first-order valence-corrected chi connectivity index (χ1v) is 15.0. The van der Waals surface area contributed by atoms with Gasteiger partial charge in [0.05, 0.1) is 0 Å². The molecule has 3 aromatic rings. The van der Waals surface area contributed by atoms with Gasteiger partial charge in [0.15, 0.2) is 0 Å². The molecular weight excluding hydrogens is 607 g/mol. The third-order valence-corrected chi connectivity index (χ3v) is 7.29. The lowest BCUT2D eigenvalue weighted by atomic mass is 10.0. The second-order valence-corrected chi connectivity index (χ2v) is 10.6. The number of carboxylic acids is 1. The zero-order valence-corrected chi connectivity index (χ0v) is 25.7. The Balaban J connectivity index is 0.00000192. The minimum Gasteiger partial charge on any atom is -0.480 e. The van der Waals surface area contributed by atoms with Crippen molar-refractivity contribution in [1.82, 2.24) is 20.9 Å². The highest BCUT2D eigenvalue weighted by Gasteiger charge is 2.36. The number of carboxylic acid groups (broad SMARTS) is 1. The Morgan fingerprint density at radius 3 is 1.83 bits per heavy atom. The quantitative estimate of drug-likeness (QED) is 0.147. The fraction of sp³-hybridized carbons (Fsp3) is 0.303. The number of aliphatic carboxylic acids is 1. The molecule has 3 atom stereocenters. The van der Waals surface area contributed by atoms with Crippen LogP contribution >= 0.6 is 0 Å². The molecule has 4 rings (SSSR count). The van der Waals surface area contributed by atoms with Crippen LogP contribution in [0.15, 0.2) is 91.0 Å². The number of nitrogens with one attached hydrogen (secondary N) is 3. The fourth-order valence-corrected chi connectivity index (χ4v) is 5.01. The maximum absolute atomic E-state index is 13.5. The van der Waals surface area contributed by atoms with Crippen LogP contribution in [0.5, 0.6) is 0 Å². The molecule has 47 heavy (non-hydrogen) atoms. The van der Waals surface area contributed by atoms with E-state index in [1.807, 2.05) is 42.5 Å². The molecule has 1 aliphatic heterocycles. The second-order valence-electron chi connectivity index (χ2n) is 10.6. The average Bonchev–Trinajstić information content (AvgIpc) is 3.58. The van der Waals surface area contributed by atoms with Gasteiger partial charge < -0.3 is 40.7 Å². The number of hydrogen-bond donors (Lipinski definition) is 6. The lowest BCUT2D eigenvalue weighted by Gasteiger charge is -2.27. The van der Waals surface area contributed by atoms with Gasteiger partial charge in [0.2, 0.25) is 17.7 Å². The molecule has 0 aliphatic carbocycles. The Hall–Kier alpha value is -5.21. The first kappa shape index (κ1) is 36.3. The first-order chi connectivity index (χ1) is 22.7. The van der Waals surface area contributed by atoms with Crippen molar-refractivity contribution in [2.75, 3.05) is 13.1 Å². The van der Waals surface area contributed by atoms with E-state index in [2.05, 4.69) is 16.0 Å². The van der Waals surface area contributed by atoms with E-state index < -0.39 is 47.9 Å². The van der Waals surface area contributed by atoms with E-state index in [0.717, 1.165) is 16.7 Å². The van der Waals surface area contributed by atoms with Gasteiger partial charge in [0, 0.05) is 19.4 Å². The van der Waals surface area contributed by atoms with E-state index in [1.54, 1.807) is 48.5 Å². The number of likely N-dealkylation sites (tertiary alicyclic amines) is 1. The van der Waals surface area contributed by atoms with E-state index in [-0.39, 0.29) is 33.7 Å². The van der Waals surface area contributed by atoms with Crippen molar-refractivity contribution in [2.24, 2.45) is 0 Å². The number of hydrogen-bond acceptors (Lipinski definition) is 8. The monoisotopic (exact) mass is 645 g/mol. The Kier molecular flexibility index (Phi) is 14.9. The minimum absolute atomic E-state index is 0.